The van der Waals surface area contributed by atoms with Crippen LogP contribution in [-0.4, -0.2) is 24.4 Å². The van der Waals surface area contributed by atoms with Gasteiger partial charge >= 0.3 is 0 Å². The fourth-order valence-corrected chi connectivity index (χ4v) is 3.53. The molecule has 0 aliphatic carbocycles. The lowest BCUT2D eigenvalue weighted by molar-refractivity contribution is 0.466. The topological polar surface area (TPSA) is 85.1 Å². The number of nitrogens with one attached hydrogen (secondary N) is 1. The van der Waals surface area contributed by atoms with Crippen LogP contribution in [0, 0.1) is 0 Å². The predicted octanol–water partition coefficient (Wildman–Crippen LogP) is 4.44. The maximum absolute atomic E-state index is 11.6. The highest BCUT2D eigenvalue weighted by atomic mass is 35.5. The van der Waals surface area contributed by atoms with Crippen LogP contribution in [0.3, 0.4) is 0 Å². The van der Waals surface area contributed by atoms with Crippen molar-refractivity contribution in [1.29, 1.82) is 0 Å². The Morgan fingerprint density at radius 2 is 1.77 bits per heavy atom. The minimum absolute atomic E-state index is 0.0204. The van der Waals surface area contributed by atoms with E-state index in [0.717, 1.165) is 11.1 Å². The maximum atomic E-state index is 11.6. The van der Waals surface area contributed by atoms with Crippen molar-refractivity contribution in [3.63, 3.8) is 0 Å². The van der Waals surface area contributed by atoms with E-state index in [2.05, 4.69) is 14.9 Å². The number of aromatic nitrogens is 2. The molecule has 0 atom stereocenters. The van der Waals surface area contributed by atoms with E-state index in [4.69, 9.17) is 16.0 Å². The van der Waals surface area contributed by atoms with Crippen molar-refractivity contribution < 1.29 is 12.8 Å². The summed E-state index contributed by atoms with van der Waals surface area (Å²) in [7, 11) is -3.30. The first-order valence-corrected chi connectivity index (χ1v) is 10.8. The Labute approximate surface area is 161 Å². The molecule has 0 radical (unpaired) electrons. The zero-order valence-electron chi connectivity index (χ0n) is 13.8. The molecule has 0 bridgehead atoms. The van der Waals surface area contributed by atoms with E-state index in [1.54, 1.807) is 31.2 Å². The minimum atomic E-state index is -3.30. The van der Waals surface area contributed by atoms with E-state index in [1.165, 1.54) is 11.8 Å². The molecule has 0 aliphatic heterocycles. The minimum Gasteiger partial charge on any atom is -0.411 e. The molecule has 0 amide bonds. The first kappa shape index (κ1) is 18.8. The summed E-state index contributed by atoms with van der Waals surface area (Å²) >= 11 is 7.30. The summed E-state index contributed by atoms with van der Waals surface area (Å²) in [6, 6.07) is 14.4. The largest absolute Gasteiger partial charge is 0.411 e. The lowest BCUT2D eigenvalue weighted by atomic mass is 10.2. The first-order valence-electron chi connectivity index (χ1n) is 7.77. The average molecular weight is 410 g/mol. The maximum Gasteiger partial charge on any atom is 0.277 e. The molecule has 0 unspecified atom stereocenters. The molecule has 0 fully saturated rings. The average Bonchev–Trinajstić information content (AvgIpc) is 3.11. The number of thioether (sulfide) groups is 1. The summed E-state index contributed by atoms with van der Waals surface area (Å²) in [5.74, 6) is 1.09. The highest BCUT2D eigenvalue weighted by molar-refractivity contribution is 7.98. The molecule has 26 heavy (non-hydrogen) atoms. The quantitative estimate of drug-likeness (QED) is 0.580. The molecule has 1 N–H and O–H groups in total. The van der Waals surface area contributed by atoms with Crippen LogP contribution in [0.4, 0.5) is 5.69 Å². The number of hydrogen-bond acceptors (Lipinski definition) is 6. The second kappa shape index (κ2) is 8.11. The lowest BCUT2D eigenvalue weighted by Crippen LogP contribution is -2.14. The zero-order chi connectivity index (χ0) is 18.6. The van der Waals surface area contributed by atoms with Crippen molar-refractivity contribution in [2.45, 2.75) is 17.9 Å². The molecule has 3 rings (SSSR count). The monoisotopic (exact) mass is 409 g/mol. The van der Waals surface area contributed by atoms with E-state index in [9.17, 15) is 8.42 Å². The van der Waals surface area contributed by atoms with Gasteiger partial charge in [-0.2, -0.15) is 0 Å². The summed E-state index contributed by atoms with van der Waals surface area (Å²) < 4.78 is 31.3. The van der Waals surface area contributed by atoms with Gasteiger partial charge in [0, 0.05) is 22.0 Å². The van der Waals surface area contributed by atoms with Gasteiger partial charge in [0.05, 0.1) is 5.75 Å². The molecule has 0 spiro atoms. The molecule has 0 aliphatic rings. The van der Waals surface area contributed by atoms with Gasteiger partial charge in [-0.15, -0.1) is 10.2 Å². The van der Waals surface area contributed by atoms with E-state index >= 15 is 0 Å². The van der Waals surface area contributed by atoms with Crippen molar-refractivity contribution in [2.75, 3.05) is 10.5 Å². The van der Waals surface area contributed by atoms with Crippen LogP contribution < -0.4 is 4.72 Å². The van der Waals surface area contributed by atoms with Crippen molar-refractivity contribution >= 4 is 39.1 Å². The number of anilines is 1. The summed E-state index contributed by atoms with van der Waals surface area (Å²) in [5, 5.41) is 9.23. The van der Waals surface area contributed by atoms with E-state index in [-0.39, 0.29) is 5.75 Å². The lowest BCUT2D eigenvalue weighted by Gasteiger charge is -2.05. The van der Waals surface area contributed by atoms with Gasteiger partial charge in [0.2, 0.25) is 15.9 Å². The Kier molecular flexibility index (Phi) is 5.85. The molecule has 136 valence electrons. The molecule has 1 aromatic heterocycles. The Morgan fingerprint density at radius 3 is 2.42 bits per heavy atom. The number of hydrogen-bond donors (Lipinski definition) is 1. The molecule has 6 nitrogen and oxygen atoms in total. The SMILES string of the molecule is CCS(=O)(=O)Nc1ccc(-c2nnc(SCc3ccc(Cl)cc3)o2)cc1. The van der Waals surface area contributed by atoms with Gasteiger partial charge in [-0.25, -0.2) is 8.42 Å². The van der Waals surface area contributed by atoms with Gasteiger partial charge in [0.1, 0.15) is 0 Å². The zero-order valence-corrected chi connectivity index (χ0v) is 16.2. The number of sulfonamides is 1. The van der Waals surface area contributed by atoms with Crippen LogP contribution in [0.5, 0.6) is 0 Å². The van der Waals surface area contributed by atoms with Crippen LogP contribution in [0.1, 0.15) is 12.5 Å². The second-order valence-electron chi connectivity index (χ2n) is 5.37. The third-order valence-corrected chi connectivity index (χ3v) is 5.92. The van der Waals surface area contributed by atoms with Gasteiger partial charge < -0.3 is 4.42 Å². The molecular formula is C17H16ClN3O3S2. The van der Waals surface area contributed by atoms with Crippen molar-refractivity contribution in [3.05, 3.63) is 59.1 Å². The van der Waals surface area contributed by atoms with Gasteiger partial charge in [-0.1, -0.05) is 35.5 Å². The molecule has 1 heterocycles. The van der Waals surface area contributed by atoms with E-state index in [0.29, 0.717) is 27.6 Å². The van der Waals surface area contributed by atoms with Crippen molar-refractivity contribution in [1.82, 2.24) is 10.2 Å². The van der Waals surface area contributed by atoms with Gasteiger partial charge in [0.15, 0.2) is 0 Å². The van der Waals surface area contributed by atoms with E-state index < -0.39 is 10.0 Å². The smallest absolute Gasteiger partial charge is 0.277 e. The predicted molar refractivity (Wildman–Crippen MR) is 104 cm³/mol. The van der Waals surface area contributed by atoms with Crippen LogP contribution in [0.15, 0.2) is 58.2 Å². The highest BCUT2D eigenvalue weighted by Crippen LogP contribution is 2.27. The van der Waals surface area contributed by atoms with Crippen molar-refractivity contribution in [2.24, 2.45) is 0 Å². The third kappa shape index (κ3) is 5.00. The Bertz CT molecular complexity index is 971. The standard InChI is InChI=1S/C17H16ClN3O3S2/c1-2-26(22,23)21-15-9-5-13(6-10-15)16-19-20-17(24-16)25-11-12-3-7-14(18)8-4-12/h3-10,21H,2,11H2,1H3. The molecule has 3 aromatic rings. The molecule has 0 saturated carbocycles. The molecular weight excluding hydrogens is 394 g/mol. The molecule has 0 saturated heterocycles. The number of halogens is 1. The highest BCUT2D eigenvalue weighted by Gasteiger charge is 2.11. The first-order chi connectivity index (χ1) is 12.4. The Balaban J connectivity index is 1.64. The fraction of sp³-hybridized carbons (Fsp3) is 0.176. The number of benzene rings is 2. The number of nitrogens with zero attached hydrogens (tertiary/aromatic N) is 2. The Morgan fingerprint density at radius 1 is 1.08 bits per heavy atom. The van der Waals surface area contributed by atoms with E-state index in [1.807, 2.05) is 24.3 Å². The van der Waals surface area contributed by atoms with Crippen LogP contribution in [-0.2, 0) is 15.8 Å². The number of rotatable bonds is 7. The molecule has 2 aromatic carbocycles. The van der Waals surface area contributed by atoms with Gasteiger partial charge in [-0.05, 0) is 48.9 Å². The summed E-state index contributed by atoms with van der Waals surface area (Å²) in [6.45, 7) is 1.58. The second-order valence-corrected chi connectivity index (χ2v) is 8.75. The summed E-state index contributed by atoms with van der Waals surface area (Å²) in [6.07, 6.45) is 0. The molecule has 9 heteroatoms. The third-order valence-electron chi connectivity index (χ3n) is 3.47. The van der Waals surface area contributed by atoms with Crippen molar-refractivity contribution in [3.8, 4) is 11.5 Å². The van der Waals surface area contributed by atoms with Crippen LogP contribution in [0.2, 0.25) is 5.02 Å². The Hall–Kier alpha value is -2.03. The summed E-state index contributed by atoms with van der Waals surface area (Å²) in [4.78, 5) is 0. The van der Waals surface area contributed by atoms with Crippen LogP contribution in [0.25, 0.3) is 11.5 Å². The summed E-state index contributed by atoms with van der Waals surface area (Å²) in [5.41, 5.74) is 2.31. The van der Waals surface area contributed by atoms with Crippen LogP contribution >= 0.6 is 23.4 Å². The normalized spacial score (nSPS) is 11.5. The fourth-order valence-electron chi connectivity index (χ4n) is 2.04. The van der Waals surface area contributed by atoms with Gasteiger partial charge in [0.25, 0.3) is 5.22 Å². The van der Waals surface area contributed by atoms with Gasteiger partial charge in [-0.3, -0.25) is 4.72 Å².